The van der Waals surface area contributed by atoms with Crippen molar-refractivity contribution in [3.8, 4) is 0 Å². The molecule has 0 radical (unpaired) electrons. The van der Waals surface area contributed by atoms with Crippen molar-refractivity contribution in [2.45, 2.75) is 18.5 Å². The molecule has 0 atom stereocenters. The van der Waals surface area contributed by atoms with Gasteiger partial charge in [0.15, 0.2) is 0 Å². The minimum atomic E-state index is -0.255. The number of aromatic nitrogens is 2. The zero-order chi connectivity index (χ0) is 10.4. The molecule has 0 saturated heterocycles. The Morgan fingerprint density at radius 2 is 2.50 bits per heavy atom. The highest BCUT2D eigenvalue weighted by molar-refractivity contribution is 7.99. The number of halogens is 1. The maximum absolute atomic E-state index is 10.9. The van der Waals surface area contributed by atoms with E-state index in [9.17, 15) is 4.79 Å². The largest absolute Gasteiger partial charge is 0.300 e. The molecule has 0 aliphatic rings. The van der Waals surface area contributed by atoms with Gasteiger partial charge in [0.25, 0.3) is 0 Å². The summed E-state index contributed by atoms with van der Waals surface area (Å²) < 4.78 is 4.08. The van der Waals surface area contributed by atoms with E-state index in [0.29, 0.717) is 10.3 Å². The molecule has 1 amide bonds. The van der Waals surface area contributed by atoms with Crippen LogP contribution in [-0.4, -0.2) is 26.9 Å². The SMILES string of the molecule is CCCSc1nsc(NC(=O)CCl)n1. The van der Waals surface area contributed by atoms with Crippen LogP contribution in [0.2, 0.25) is 0 Å². The second kappa shape index (κ2) is 6.21. The molecule has 14 heavy (non-hydrogen) atoms. The normalized spacial score (nSPS) is 10.1. The second-order valence-corrected chi connectivity index (χ2v) is 4.49. The quantitative estimate of drug-likeness (QED) is 0.644. The average molecular weight is 252 g/mol. The Bertz CT molecular complexity index is 305. The molecule has 7 heteroatoms. The van der Waals surface area contributed by atoms with Gasteiger partial charge in [-0.3, -0.25) is 10.1 Å². The predicted molar refractivity (Wildman–Crippen MR) is 60.3 cm³/mol. The fourth-order valence-corrected chi connectivity index (χ4v) is 2.15. The number of rotatable bonds is 5. The summed E-state index contributed by atoms with van der Waals surface area (Å²) in [6.45, 7) is 2.09. The number of hydrogen-bond acceptors (Lipinski definition) is 5. The Morgan fingerprint density at radius 3 is 3.14 bits per heavy atom. The first-order valence-electron chi connectivity index (χ1n) is 4.08. The van der Waals surface area contributed by atoms with Crippen LogP contribution < -0.4 is 5.32 Å². The van der Waals surface area contributed by atoms with Crippen LogP contribution in [0.15, 0.2) is 5.16 Å². The van der Waals surface area contributed by atoms with Gasteiger partial charge in [0.2, 0.25) is 16.2 Å². The summed E-state index contributed by atoms with van der Waals surface area (Å²) in [6, 6.07) is 0. The van der Waals surface area contributed by atoms with Gasteiger partial charge in [0.1, 0.15) is 5.88 Å². The van der Waals surface area contributed by atoms with E-state index in [-0.39, 0.29) is 11.8 Å². The van der Waals surface area contributed by atoms with E-state index in [0.717, 1.165) is 12.2 Å². The highest BCUT2D eigenvalue weighted by Crippen LogP contribution is 2.20. The monoisotopic (exact) mass is 251 g/mol. The summed E-state index contributed by atoms with van der Waals surface area (Å²) in [7, 11) is 0. The second-order valence-electron chi connectivity index (χ2n) is 2.41. The van der Waals surface area contributed by atoms with Gasteiger partial charge in [-0.25, -0.2) is 0 Å². The fourth-order valence-electron chi connectivity index (χ4n) is 0.665. The van der Waals surface area contributed by atoms with Crippen molar-refractivity contribution in [3.63, 3.8) is 0 Å². The van der Waals surface area contributed by atoms with Crippen molar-refractivity contribution in [2.24, 2.45) is 0 Å². The molecular formula is C7H10ClN3OS2. The average Bonchev–Trinajstić information content (AvgIpc) is 2.62. The molecule has 1 aromatic heterocycles. The van der Waals surface area contributed by atoms with Crippen molar-refractivity contribution in [1.82, 2.24) is 9.36 Å². The van der Waals surface area contributed by atoms with Crippen molar-refractivity contribution < 1.29 is 4.79 Å². The molecule has 1 N–H and O–H groups in total. The fraction of sp³-hybridized carbons (Fsp3) is 0.571. The molecule has 1 rings (SSSR count). The molecule has 0 bridgehead atoms. The topological polar surface area (TPSA) is 54.9 Å². The Balaban J connectivity index is 2.46. The summed E-state index contributed by atoms with van der Waals surface area (Å²) in [5.41, 5.74) is 0. The molecule has 78 valence electrons. The standard InChI is InChI=1S/C7H10ClN3OS2/c1-2-3-13-7-10-6(14-11-7)9-5(12)4-8/h2-4H2,1H3,(H,9,10,11,12). The van der Waals surface area contributed by atoms with Crippen molar-refractivity contribution in [3.05, 3.63) is 0 Å². The first-order valence-corrected chi connectivity index (χ1v) is 6.38. The highest BCUT2D eigenvalue weighted by atomic mass is 35.5. The van der Waals surface area contributed by atoms with Crippen LogP contribution in [0.4, 0.5) is 5.13 Å². The van der Waals surface area contributed by atoms with E-state index in [1.165, 1.54) is 11.5 Å². The summed E-state index contributed by atoms with van der Waals surface area (Å²) in [6.07, 6.45) is 1.08. The minimum absolute atomic E-state index is 0.0585. The number of nitrogens with one attached hydrogen (secondary N) is 1. The molecule has 4 nitrogen and oxygen atoms in total. The lowest BCUT2D eigenvalue weighted by atomic mass is 10.6. The molecule has 0 saturated carbocycles. The van der Waals surface area contributed by atoms with Gasteiger partial charge in [0, 0.05) is 17.3 Å². The molecule has 0 unspecified atom stereocenters. The van der Waals surface area contributed by atoms with Crippen LogP contribution in [0.5, 0.6) is 0 Å². The maximum atomic E-state index is 10.9. The molecular weight excluding hydrogens is 242 g/mol. The lowest BCUT2D eigenvalue weighted by Crippen LogP contribution is -2.12. The smallest absolute Gasteiger partial charge is 0.241 e. The van der Waals surface area contributed by atoms with Crippen LogP contribution in [0.1, 0.15) is 13.3 Å². The molecule has 0 aliphatic carbocycles. The van der Waals surface area contributed by atoms with Gasteiger partial charge in [-0.2, -0.15) is 9.36 Å². The molecule has 0 fully saturated rings. The number of carbonyl (C=O) groups excluding carboxylic acids is 1. The Morgan fingerprint density at radius 1 is 1.71 bits per heavy atom. The van der Waals surface area contributed by atoms with Gasteiger partial charge in [-0.15, -0.1) is 11.6 Å². The van der Waals surface area contributed by atoms with Crippen molar-refractivity contribution in [1.29, 1.82) is 0 Å². The Labute approximate surface area is 95.6 Å². The zero-order valence-corrected chi connectivity index (χ0v) is 10.0. The molecule has 0 aromatic carbocycles. The van der Waals surface area contributed by atoms with E-state index in [4.69, 9.17) is 11.6 Å². The van der Waals surface area contributed by atoms with Crippen LogP contribution >= 0.6 is 34.9 Å². The third kappa shape index (κ3) is 3.81. The van der Waals surface area contributed by atoms with Gasteiger partial charge < -0.3 is 0 Å². The van der Waals surface area contributed by atoms with Crippen LogP contribution in [0.3, 0.4) is 0 Å². The number of thioether (sulfide) groups is 1. The lowest BCUT2D eigenvalue weighted by Gasteiger charge is -1.94. The van der Waals surface area contributed by atoms with E-state index >= 15 is 0 Å². The summed E-state index contributed by atoms with van der Waals surface area (Å²) in [4.78, 5) is 15.0. The number of amides is 1. The number of hydrogen-bond donors (Lipinski definition) is 1. The van der Waals surface area contributed by atoms with Crippen molar-refractivity contribution in [2.75, 3.05) is 16.9 Å². The summed E-state index contributed by atoms with van der Waals surface area (Å²) in [5, 5.41) is 3.77. The summed E-state index contributed by atoms with van der Waals surface area (Å²) >= 11 is 8.08. The number of carbonyl (C=O) groups is 1. The molecule has 0 aliphatic heterocycles. The van der Waals surface area contributed by atoms with Crippen LogP contribution in [0, 0.1) is 0 Å². The zero-order valence-electron chi connectivity index (χ0n) is 7.62. The number of alkyl halides is 1. The van der Waals surface area contributed by atoms with E-state index in [1.807, 2.05) is 0 Å². The highest BCUT2D eigenvalue weighted by Gasteiger charge is 2.06. The molecule has 0 spiro atoms. The lowest BCUT2D eigenvalue weighted by molar-refractivity contribution is -0.113. The van der Waals surface area contributed by atoms with Crippen LogP contribution in [-0.2, 0) is 4.79 Å². The van der Waals surface area contributed by atoms with Crippen LogP contribution in [0.25, 0.3) is 0 Å². The first kappa shape index (κ1) is 11.7. The third-order valence-corrected chi connectivity index (χ3v) is 3.25. The summed E-state index contributed by atoms with van der Waals surface area (Å²) in [5.74, 6) is 0.672. The number of nitrogens with zero attached hydrogens (tertiary/aromatic N) is 2. The van der Waals surface area contributed by atoms with Gasteiger partial charge in [0.05, 0.1) is 0 Å². The number of anilines is 1. The van der Waals surface area contributed by atoms with Crippen molar-refractivity contribution >= 4 is 45.9 Å². The van der Waals surface area contributed by atoms with E-state index in [1.54, 1.807) is 11.8 Å². The minimum Gasteiger partial charge on any atom is -0.300 e. The molecule has 1 heterocycles. The van der Waals surface area contributed by atoms with Gasteiger partial charge in [-0.1, -0.05) is 18.7 Å². The maximum Gasteiger partial charge on any atom is 0.241 e. The Kier molecular flexibility index (Phi) is 5.21. The Hall–Kier alpha value is -0.330. The van der Waals surface area contributed by atoms with E-state index in [2.05, 4.69) is 21.6 Å². The third-order valence-electron chi connectivity index (χ3n) is 1.21. The van der Waals surface area contributed by atoms with Gasteiger partial charge in [-0.05, 0) is 6.42 Å². The predicted octanol–water partition coefficient (Wildman–Crippen LogP) is 2.22. The first-order chi connectivity index (χ1) is 6.76. The van der Waals surface area contributed by atoms with E-state index < -0.39 is 0 Å². The molecule has 1 aromatic rings. The van der Waals surface area contributed by atoms with Gasteiger partial charge >= 0.3 is 0 Å².